The molecule has 106 valence electrons. The van der Waals surface area contributed by atoms with E-state index in [2.05, 4.69) is 0 Å². The van der Waals surface area contributed by atoms with Crippen molar-refractivity contribution in [3.63, 3.8) is 0 Å². The summed E-state index contributed by atoms with van der Waals surface area (Å²) in [5.74, 6) is 1.27. The van der Waals surface area contributed by atoms with E-state index in [-0.39, 0.29) is 21.3 Å². The van der Waals surface area contributed by atoms with Crippen LogP contribution in [-0.2, 0) is 17.7 Å². The minimum Gasteiger partial charge on any atom is -0.623 e. The molecular weight excluding hydrogens is 278 g/mol. The van der Waals surface area contributed by atoms with E-state index in [9.17, 15) is 9.42 Å². The zero-order valence-corrected chi connectivity index (χ0v) is 12.0. The van der Waals surface area contributed by atoms with Crippen molar-refractivity contribution in [2.75, 3.05) is 14.2 Å². The molecule has 5 nitrogen and oxygen atoms in total. The van der Waals surface area contributed by atoms with Crippen LogP contribution in [0.1, 0.15) is 5.56 Å². The van der Waals surface area contributed by atoms with Crippen molar-refractivity contribution in [1.29, 1.82) is 0 Å². The summed E-state index contributed by atoms with van der Waals surface area (Å²) < 4.78 is 21.5. The van der Waals surface area contributed by atoms with Gasteiger partial charge in [0.05, 0.1) is 14.2 Å². The summed E-state index contributed by atoms with van der Waals surface area (Å²) in [5, 5.41) is 11.4. The van der Waals surface area contributed by atoms with Crippen molar-refractivity contribution >= 4 is 16.2 Å². The number of hydroxylamine groups is 2. The third-order valence-corrected chi connectivity index (χ3v) is 3.62. The normalized spacial score (nSPS) is 17.6. The van der Waals surface area contributed by atoms with E-state index in [4.69, 9.17) is 9.47 Å². The van der Waals surface area contributed by atoms with Crippen LogP contribution >= 0.6 is 0 Å². The molecule has 1 heterocycles. The lowest BCUT2D eigenvalue weighted by Gasteiger charge is -2.21. The van der Waals surface area contributed by atoms with Gasteiger partial charge in [0.2, 0.25) is 4.99 Å². The van der Waals surface area contributed by atoms with Gasteiger partial charge in [0.25, 0.3) is 0 Å². The SMILES string of the molecule is COc1ccc(CC2=CC=C[NH+]([O-])C2=S=O)cc1OC. The van der Waals surface area contributed by atoms with Gasteiger partial charge in [-0.25, -0.2) is 4.21 Å². The van der Waals surface area contributed by atoms with Gasteiger partial charge >= 0.3 is 0 Å². The van der Waals surface area contributed by atoms with Gasteiger partial charge in [-0.15, -0.1) is 0 Å². The molecule has 0 aromatic heterocycles. The number of quaternary nitrogens is 1. The standard InChI is InChI=1S/C14H15NO4S/c1-18-12-6-5-10(9-13(12)19-2)8-11-4-3-7-15(16)14(11)20-17/h3-7,9,15H,8H2,1-2H3. The van der Waals surface area contributed by atoms with Gasteiger partial charge in [0.15, 0.2) is 22.8 Å². The van der Waals surface area contributed by atoms with E-state index < -0.39 is 0 Å². The predicted octanol–water partition coefficient (Wildman–Crippen LogP) is 0.426. The van der Waals surface area contributed by atoms with Crippen molar-refractivity contribution in [3.8, 4) is 11.5 Å². The Hall–Kier alpha value is -1.89. The summed E-state index contributed by atoms with van der Waals surface area (Å²) in [6.45, 7) is 0. The maximum atomic E-state index is 11.6. The number of methoxy groups -OCH3 is 2. The quantitative estimate of drug-likeness (QED) is 0.646. The molecule has 20 heavy (non-hydrogen) atoms. The fourth-order valence-corrected chi connectivity index (χ4v) is 2.40. The first-order valence-corrected chi connectivity index (χ1v) is 6.73. The molecule has 0 aliphatic carbocycles. The Kier molecular flexibility index (Phi) is 4.73. The Balaban J connectivity index is 2.28. The summed E-state index contributed by atoms with van der Waals surface area (Å²) >= 11 is 0.240. The summed E-state index contributed by atoms with van der Waals surface area (Å²) in [6.07, 6.45) is 5.36. The van der Waals surface area contributed by atoms with E-state index in [0.29, 0.717) is 17.9 Å². The van der Waals surface area contributed by atoms with Crippen LogP contribution in [0.2, 0.25) is 0 Å². The summed E-state index contributed by atoms with van der Waals surface area (Å²) in [7, 11) is 3.14. The van der Waals surface area contributed by atoms with Gasteiger partial charge in [0, 0.05) is 12.0 Å². The molecule has 2 rings (SSSR count). The van der Waals surface area contributed by atoms with Gasteiger partial charge in [-0.1, -0.05) is 6.07 Å². The Morgan fingerprint density at radius 2 is 2.00 bits per heavy atom. The average Bonchev–Trinajstić information content (AvgIpc) is 2.47. The second kappa shape index (κ2) is 6.51. The minimum absolute atomic E-state index is 0.233. The van der Waals surface area contributed by atoms with E-state index in [1.165, 1.54) is 6.20 Å². The van der Waals surface area contributed by atoms with E-state index in [0.717, 1.165) is 11.1 Å². The number of hydrogen-bond acceptors (Lipinski definition) is 4. The van der Waals surface area contributed by atoms with Crippen molar-refractivity contribution in [2.24, 2.45) is 0 Å². The van der Waals surface area contributed by atoms with E-state index in [1.807, 2.05) is 12.1 Å². The highest BCUT2D eigenvalue weighted by Crippen LogP contribution is 2.28. The van der Waals surface area contributed by atoms with Gasteiger partial charge in [-0.05, 0) is 29.8 Å². The van der Waals surface area contributed by atoms with Crippen LogP contribution < -0.4 is 14.5 Å². The second-order valence-electron chi connectivity index (χ2n) is 4.19. The number of hydrogen-bond donors (Lipinski definition) is 1. The zero-order chi connectivity index (χ0) is 14.5. The van der Waals surface area contributed by atoms with Crippen molar-refractivity contribution in [1.82, 2.24) is 0 Å². The van der Waals surface area contributed by atoms with Gasteiger partial charge < -0.3 is 19.7 Å². The molecule has 1 unspecified atom stereocenters. The molecular formula is C14H15NO4S. The monoisotopic (exact) mass is 293 g/mol. The lowest BCUT2D eigenvalue weighted by Crippen LogP contribution is -3.06. The fraction of sp³-hybridized carbons (Fsp3) is 0.214. The molecule has 0 radical (unpaired) electrons. The van der Waals surface area contributed by atoms with Crippen LogP contribution in [-0.4, -0.2) is 23.4 Å². The number of rotatable bonds is 4. The molecule has 1 aliphatic rings. The lowest BCUT2D eigenvalue weighted by atomic mass is 10.0. The van der Waals surface area contributed by atoms with Gasteiger partial charge in [-0.3, -0.25) is 0 Å². The molecule has 0 amide bonds. The third kappa shape index (κ3) is 2.98. The molecule has 0 saturated heterocycles. The van der Waals surface area contributed by atoms with E-state index in [1.54, 1.807) is 32.4 Å². The van der Waals surface area contributed by atoms with Crippen LogP contribution in [0, 0.1) is 5.21 Å². The zero-order valence-electron chi connectivity index (χ0n) is 11.2. The number of ether oxygens (including phenoxy) is 2. The third-order valence-electron chi connectivity index (χ3n) is 2.99. The lowest BCUT2D eigenvalue weighted by molar-refractivity contribution is -0.680. The molecule has 6 heteroatoms. The summed E-state index contributed by atoms with van der Waals surface area (Å²) in [4.78, 5) is 0.252. The van der Waals surface area contributed by atoms with Crippen molar-refractivity contribution < 1.29 is 18.7 Å². The number of allylic oxidation sites excluding steroid dienone is 2. The number of nitrogens with one attached hydrogen (secondary N) is 1. The van der Waals surface area contributed by atoms with Crippen LogP contribution in [0.15, 0.2) is 42.1 Å². The number of benzene rings is 1. The van der Waals surface area contributed by atoms with Crippen molar-refractivity contribution in [3.05, 3.63) is 52.9 Å². The molecule has 1 aromatic carbocycles. The van der Waals surface area contributed by atoms with Gasteiger partial charge in [0.1, 0.15) is 6.20 Å². The Morgan fingerprint density at radius 1 is 1.25 bits per heavy atom. The first-order chi connectivity index (χ1) is 9.69. The molecule has 1 aromatic rings. The topological polar surface area (TPSA) is 63.0 Å². The maximum absolute atomic E-state index is 11.6. The highest BCUT2D eigenvalue weighted by Gasteiger charge is 2.17. The highest BCUT2D eigenvalue weighted by molar-refractivity contribution is 7.66. The predicted molar refractivity (Wildman–Crippen MR) is 78.0 cm³/mol. The first-order valence-electron chi connectivity index (χ1n) is 5.99. The fourth-order valence-electron chi connectivity index (χ4n) is 2.01. The first kappa shape index (κ1) is 14.5. The van der Waals surface area contributed by atoms with E-state index >= 15 is 0 Å². The average molecular weight is 293 g/mol. The van der Waals surface area contributed by atoms with Crippen LogP contribution in [0.5, 0.6) is 11.5 Å². The largest absolute Gasteiger partial charge is 0.623 e. The second-order valence-corrected chi connectivity index (χ2v) is 4.77. The van der Waals surface area contributed by atoms with Crippen molar-refractivity contribution in [2.45, 2.75) is 6.42 Å². The minimum atomic E-state index is -0.233. The van der Waals surface area contributed by atoms with Gasteiger partial charge in [-0.2, -0.15) is 0 Å². The molecule has 1 N–H and O–H groups in total. The molecule has 0 fully saturated rings. The molecule has 0 bridgehead atoms. The summed E-state index contributed by atoms with van der Waals surface area (Å²) in [5.41, 5.74) is 1.67. The molecule has 0 saturated carbocycles. The summed E-state index contributed by atoms with van der Waals surface area (Å²) in [6, 6.07) is 5.53. The molecule has 1 atom stereocenters. The highest BCUT2D eigenvalue weighted by atomic mass is 32.1. The van der Waals surface area contributed by atoms with Crippen LogP contribution in [0.25, 0.3) is 0 Å². The molecule has 1 aliphatic heterocycles. The Morgan fingerprint density at radius 3 is 2.65 bits per heavy atom. The van der Waals surface area contributed by atoms with Crippen LogP contribution in [0.3, 0.4) is 0 Å². The van der Waals surface area contributed by atoms with Crippen LogP contribution in [0.4, 0.5) is 0 Å². The molecule has 0 spiro atoms. The maximum Gasteiger partial charge on any atom is 0.233 e. The Labute approximate surface area is 120 Å². The Bertz CT molecular complexity index is 618. The smallest absolute Gasteiger partial charge is 0.233 e.